The van der Waals surface area contributed by atoms with Crippen LogP contribution in [0.2, 0.25) is 0 Å². The van der Waals surface area contributed by atoms with Gasteiger partial charge in [0.2, 0.25) is 0 Å². The Morgan fingerprint density at radius 3 is 2.72 bits per heavy atom. The molecule has 0 heterocycles. The molecule has 0 saturated carbocycles. The zero-order valence-corrected chi connectivity index (χ0v) is 12.2. The van der Waals surface area contributed by atoms with E-state index in [0.717, 1.165) is 0 Å². The van der Waals surface area contributed by atoms with Crippen LogP contribution >= 0.6 is 15.9 Å². The van der Waals surface area contributed by atoms with Crippen molar-refractivity contribution < 1.29 is 13.9 Å². The van der Waals surface area contributed by atoms with Crippen molar-refractivity contribution in [1.82, 2.24) is 4.90 Å². The lowest BCUT2D eigenvalue weighted by molar-refractivity contribution is 0.0664. The third-order valence-electron chi connectivity index (χ3n) is 2.56. The van der Waals surface area contributed by atoms with Gasteiger partial charge in [-0.1, -0.05) is 6.07 Å². The Hall–Kier alpha value is -0.940. The van der Waals surface area contributed by atoms with E-state index in [1.807, 2.05) is 13.8 Å². The molecule has 0 aliphatic carbocycles. The predicted octanol–water partition coefficient (Wildman–Crippen LogP) is 3.09. The lowest BCUT2D eigenvalue weighted by Crippen LogP contribution is -2.34. The summed E-state index contributed by atoms with van der Waals surface area (Å²) in [5, 5.41) is 0. The van der Waals surface area contributed by atoms with Gasteiger partial charge in [-0.2, -0.15) is 0 Å². The standard InChI is InChI=1S/C13H17BrFNO2/c1-3-16(8-9-18-4-2)13(17)12-10(14)6-5-7-11(12)15/h5-7H,3-4,8-9H2,1-2H3. The van der Waals surface area contributed by atoms with E-state index in [0.29, 0.717) is 30.8 Å². The molecule has 0 aliphatic rings. The van der Waals surface area contributed by atoms with Crippen molar-refractivity contribution in [3.8, 4) is 0 Å². The highest BCUT2D eigenvalue weighted by Crippen LogP contribution is 2.21. The molecule has 0 aliphatic heterocycles. The second kappa shape index (κ2) is 7.48. The Kier molecular flexibility index (Phi) is 6.29. The number of carbonyl (C=O) groups is 1. The van der Waals surface area contributed by atoms with E-state index in [2.05, 4.69) is 15.9 Å². The van der Waals surface area contributed by atoms with Crippen molar-refractivity contribution in [1.29, 1.82) is 0 Å². The van der Waals surface area contributed by atoms with Crippen LogP contribution in [0.1, 0.15) is 24.2 Å². The van der Waals surface area contributed by atoms with Gasteiger partial charge in [-0.05, 0) is 41.9 Å². The number of halogens is 2. The maximum absolute atomic E-state index is 13.7. The summed E-state index contributed by atoms with van der Waals surface area (Å²) in [6, 6.07) is 4.51. The Labute approximate surface area is 115 Å². The molecule has 1 aromatic carbocycles. The molecule has 0 spiro atoms. The molecule has 18 heavy (non-hydrogen) atoms. The third kappa shape index (κ3) is 3.78. The largest absolute Gasteiger partial charge is 0.380 e. The number of rotatable bonds is 6. The summed E-state index contributed by atoms with van der Waals surface area (Å²) in [7, 11) is 0. The molecule has 1 rings (SSSR count). The highest BCUT2D eigenvalue weighted by atomic mass is 79.9. The van der Waals surface area contributed by atoms with Gasteiger partial charge >= 0.3 is 0 Å². The summed E-state index contributed by atoms with van der Waals surface area (Å²) in [4.78, 5) is 13.8. The SMILES string of the molecule is CCOCCN(CC)C(=O)c1c(F)cccc1Br. The normalized spacial score (nSPS) is 10.4. The molecule has 1 aromatic rings. The fourth-order valence-electron chi connectivity index (χ4n) is 1.58. The van der Waals surface area contributed by atoms with E-state index in [1.54, 1.807) is 17.0 Å². The third-order valence-corrected chi connectivity index (χ3v) is 3.22. The Balaban J connectivity index is 2.83. The number of hydrogen-bond acceptors (Lipinski definition) is 2. The summed E-state index contributed by atoms with van der Waals surface area (Å²) < 4.78 is 19.4. The monoisotopic (exact) mass is 317 g/mol. The number of likely N-dealkylation sites (N-methyl/N-ethyl adjacent to an activating group) is 1. The number of amides is 1. The van der Waals surface area contributed by atoms with E-state index in [-0.39, 0.29) is 11.5 Å². The van der Waals surface area contributed by atoms with Crippen molar-refractivity contribution in [3.05, 3.63) is 34.1 Å². The van der Waals surface area contributed by atoms with Crippen LogP contribution in [0, 0.1) is 5.82 Å². The summed E-state index contributed by atoms with van der Waals surface area (Å²) >= 11 is 3.21. The van der Waals surface area contributed by atoms with Crippen molar-refractivity contribution in [2.24, 2.45) is 0 Å². The smallest absolute Gasteiger partial charge is 0.258 e. The minimum absolute atomic E-state index is 0.0795. The molecule has 0 radical (unpaired) electrons. The van der Waals surface area contributed by atoms with Crippen LogP contribution in [-0.4, -0.2) is 37.1 Å². The number of ether oxygens (including phenoxy) is 1. The average molecular weight is 318 g/mol. The Morgan fingerprint density at radius 2 is 2.17 bits per heavy atom. The van der Waals surface area contributed by atoms with Crippen LogP contribution in [0.5, 0.6) is 0 Å². The summed E-state index contributed by atoms with van der Waals surface area (Å²) in [6.45, 7) is 5.80. The van der Waals surface area contributed by atoms with Crippen LogP contribution in [0.25, 0.3) is 0 Å². The molecule has 0 atom stereocenters. The average Bonchev–Trinajstić information content (AvgIpc) is 2.34. The van der Waals surface area contributed by atoms with E-state index in [9.17, 15) is 9.18 Å². The van der Waals surface area contributed by atoms with Crippen molar-refractivity contribution in [3.63, 3.8) is 0 Å². The minimum atomic E-state index is -0.510. The van der Waals surface area contributed by atoms with Gasteiger partial charge in [-0.3, -0.25) is 4.79 Å². The van der Waals surface area contributed by atoms with Gasteiger partial charge in [0.05, 0.1) is 12.2 Å². The number of carbonyl (C=O) groups excluding carboxylic acids is 1. The van der Waals surface area contributed by atoms with Crippen LogP contribution < -0.4 is 0 Å². The van der Waals surface area contributed by atoms with Gasteiger partial charge < -0.3 is 9.64 Å². The van der Waals surface area contributed by atoms with Gasteiger partial charge in [0.1, 0.15) is 5.82 Å². The number of benzene rings is 1. The first-order chi connectivity index (χ1) is 8.61. The van der Waals surface area contributed by atoms with Gasteiger partial charge in [0.25, 0.3) is 5.91 Å². The summed E-state index contributed by atoms with van der Waals surface area (Å²) in [5.74, 6) is -0.827. The first-order valence-electron chi connectivity index (χ1n) is 5.92. The van der Waals surface area contributed by atoms with Crippen LogP contribution in [-0.2, 0) is 4.74 Å². The number of nitrogens with zero attached hydrogens (tertiary/aromatic N) is 1. The van der Waals surface area contributed by atoms with E-state index in [4.69, 9.17) is 4.74 Å². The molecule has 5 heteroatoms. The molecular formula is C13H17BrFNO2. The van der Waals surface area contributed by atoms with Crippen molar-refractivity contribution in [2.75, 3.05) is 26.3 Å². The van der Waals surface area contributed by atoms with E-state index in [1.165, 1.54) is 6.07 Å². The zero-order valence-electron chi connectivity index (χ0n) is 10.6. The summed E-state index contributed by atoms with van der Waals surface area (Å²) in [5.41, 5.74) is 0.0795. The van der Waals surface area contributed by atoms with Crippen molar-refractivity contribution >= 4 is 21.8 Å². The maximum Gasteiger partial charge on any atom is 0.258 e. The highest BCUT2D eigenvalue weighted by Gasteiger charge is 2.20. The van der Waals surface area contributed by atoms with Gasteiger partial charge in [0.15, 0.2) is 0 Å². The maximum atomic E-state index is 13.7. The molecular weight excluding hydrogens is 301 g/mol. The minimum Gasteiger partial charge on any atom is -0.380 e. The molecule has 0 N–H and O–H groups in total. The van der Waals surface area contributed by atoms with Gasteiger partial charge in [-0.15, -0.1) is 0 Å². The Bertz CT molecular complexity index is 392. The first kappa shape index (κ1) is 15.1. The molecule has 0 unspecified atom stereocenters. The number of hydrogen-bond donors (Lipinski definition) is 0. The lowest BCUT2D eigenvalue weighted by Gasteiger charge is -2.21. The van der Waals surface area contributed by atoms with E-state index >= 15 is 0 Å². The van der Waals surface area contributed by atoms with Gasteiger partial charge in [-0.25, -0.2) is 4.39 Å². The molecule has 0 fully saturated rings. The molecule has 100 valence electrons. The quantitative estimate of drug-likeness (QED) is 0.755. The van der Waals surface area contributed by atoms with Crippen LogP contribution in [0.4, 0.5) is 4.39 Å². The molecule has 0 saturated heterocycles. The van der Waals surface area contributed by atoms with Crippen LogP contribution in [0.3, 0.4) is 0 Å². The molecule has 3 nitrogen and oxygen atoms in total. The zero-order chi connectivity index (χ0) is 13.5. The fraction of sp³-hybridized carbons (Fsp3) is 0.462. The molecule has 0 aromatic heterocycles. The Morgan fingerprint density at radius 1 is 1.44 bits per heavy atom. The van der Waals surface area contributed by atoms with Crippen LogP contribution in [0.15, 0.2) is 22.7 Å². The second-order valence-corrected chi connectivity index (χ2v) is 4.53. The van der Waals surface area contributed by atoms with E-state index < -0.39 is 5.82 Å². The molecule has 0 bridgehead atoms. The predicted molar refractivity (Wildman–Crippen MR) is 72.2 cm³/mol. The summed E-state index contributed by atoms with van der Waals surface area (Å²) in [6.07, 6.45) is 0. The van der Waals surface area contributed by atoms with Gasteiger partial charge in [0, 0.05) is 24.2 Å². The molecule has 1 amide bonds. The first-order valence-corrected chi connectivity index (χ1v) is 6.72. The second-order valence-electron chi connectivity index (χ2n) is 3.68. The van der Waals surface area contributed by atoms with Crippen molar-refractivity contribution in [2.45, 2.75) is 13.8 Å². The fourth-order valence-corrected chi connectivity index (χ4v) is 2.09. The topological polar surface area (TPSA) is 29.5 Å². The lowest BCUT2D eigenvalue weighted by atomic mass is 10.2. The highest BCUT2D eigenvalue weighted by molar-refractivity contribution is 9.10.